The highest BCUT2D eigenvalue weighted by Crippen LogP contribution is 2.38. The largest absolute Gasteiger partial charge is 0.366 e. The van der Waals surface area contributed by atoms with E-state index in [1.165, 1.54) is 38.2 Å². The van der Waals surface area contributed by atoms with Gasteiger partial charge in [-0.1, -0.05) is 19.3 Å². The minimum atomic E-state index is -0.264. The molecule has 0 spiro atoms. The van der Waals surface area contributed by atoms with Crippen molar-refractivity contribution in [3.05, 3.63) is 24.1 Å². The third-order valence-electron chi connectivity index (χ3n) is 3.53. The van der Waals surface area contributed by atoms with Gasteiger partial charge >= 0.3 is 0 Å². The first kappa shape index (κ1) is 12.7. The van der Waals surface area contributed by atoms with Gasteiger partial charge in [0.15, 0.2) is 11.6 Å². The Labute approximate surface area is 106 Å². The highest BCUT2D eigenvalue weighted by atomic mass is 32.2. The van der Waals surface area contributed by atoms with Crippen LogP contribution < -0.4 is 5.32 Å². The average Bonchev–Trinajstić information content (AvgIpc) is 2.39. The molecule has 1 heterocycles. The minimum absolute atomic E-state index is 0.264. The van der Waals surface area contributed by atoms with Crippen LogP contribution in [0, 0.1) is 5.82 Å². The van der Waals surface area contributed by atoms with E-state index in [0.717, 1.165) is 6.54 Å². The van der Waals surface area contributed by atoms with Gasteiger partial charge in [-0.3, -0.25) is 0 Å². The Morgan fingerprint density at radius 2 is 2.18 bits per heavy atom. The van der Waals surface area contributed by atoms with Crippen molar-refractivity contribution in [1.29, 1.82) is 0 Å². The van der Waals surface area contributed by atoms with E-state index in [4.69, 9.17) is 0 Å². The Morgan fingerprint density at radius 3 is 2.82 bits per heavy atom. The molecule has 2 rings (SSSR count). The molecule has 17 heavy (non-hydrogen) atoms. The highest BCUT2D eigenvalue weighted by molar-refractivity contribution is 8.00. The van der Waals surface area contributed by atoms with Crippen LogP contribution in [0.15, 0.2) is 18.3 Å². The van der Waals surface area contributed by atoms with Crippen molar-refractivity contribution < 1.29 is 4.39 Å². The molecule has 1 aromatic rings. The third kappa shape index (κ3) is 3.12. The zero-order chi connectivity index (χ0) is 12.1. The highest BCUT2D eigenvalue weighted by Gasteiger charge is 2.31. The van der Waals surface area contributed by atoms with E-state index in [0.29, 0.717) is 5.82 Å². The predicted octanol–water partition coefficient (Wildman–Crippen LogP) is 3.70. The Balaban J connectivity index is 1.98. The molecule has 0 atom stereocenters. The van der Waals surface area contributed by atoms with E-state index in [1.807, 2.05) is 11.8 Å². The topological polar surface area (TPSA) is 24.9 Å². The van der Waals surface area contributed by atoms with Gasteiger partial charge in [0.2, 0.25) is 0 Å². The van der Waals surface area contributed by atoms with Gasteiger partial charge in [-0.05, 0) is 31.2 Å². The molecule has 4 heteroatoms. The lowest BCUT2D eigenvalue weighted by molar-refractivity contribution is 0.410. The van der Waals surface area contributed by atoms with E-state index in [1.54, 1.807) is 12.3 Å². The lowest BCUT2D eigenvalue weighted by Crippen LogP contribution is -2.35. The first-order valence-corrected chi connectivity index (χ1v) is 7.38. The summed E-state index contributed by atoms with van der Waals surface area (Å²) in [6, 6.07) is 3.06. The van der Waals surface area contributed by atoms with Crippen molar-refractivity contribution >= 4 is 17.6 Å². The zero-order valence-electron chi connectivity index (χ0n) is 10.2. The van der Waals surface area contributed by atoms with Crippen LogP contribution in [0.5, 0.6) is 0 Å². The number of aromatic nitrogens is 1. The second-order valence-corrected chi connectivity index (χ2v) is 5.91. The molecule has 0 bridgehead atoms. The van der Waals surface area contributed by atoms with Crippen LogP contribution in [0.2, 0.25) is 0 Å². The molecule has 1 saturated carbocycles. The van der Waals surface area contributed by atoms with E-state index in [-0.39, 0.29) is 10.6 Å². The van der Waals surface area contributed by atoms with E-state index >= 15 is 0 Å². The molecule has 0 aliphatic heterocycles. The molecule has 1 N–H and O–H groups in total. The van der Waals surface area contributed by atoms with Crippen molar-refractivity contribution in [2.75, 3.05) is 18.1 Å². The molecule has 0 amide bonds. The number of hydrogen-bond acceptors (Lipinski definition) is 3. The lowest BCUT2D eigenvalue weighted by Gasteiger charge is -2.36. The summed E-state index contributed by atoms with van der Waals surface area (Å²) >= 11 is 1.91. The molecule has 1 aliphatic rings. The Kier molecular flexibility index (Phi) is 4.26. The standard InChI is InChI=1S/C13H19FN2S/c1-17-13(7-3-2-4-8-13)10-16-12-11(14)6-5-9-15-12/h5-6,9H,2-4,7-8,10H2,1H3,(H,15,16). The summed E-state index contributed by atoms with van der Waals surface area (Å²) in [6.07, 6.45) is 10.1. The van der Waals surface area contributed by atoms with Crippen molar-refractivity contribution in [1.82, 2.24) is 4.98 Å². The molecule has 1 fully saturated rings. The summed E-state index contributed by atoms with van der Waals surface area (Å²) in [6.45, 7) is 0.808. The van der Waals surface area contributed by atoms with Crippen molar-refractivity contribution in [2.45, 2.75) is 36.9 Å². The second-order valence-electron chi connectivity index (χ2n) is 4.64. The summed E-state index contributed by atoms with van der Waals surface area (Å²) in [5.41, 5.74) is 0. The maximum atomic E-state index is 13.4. The van der Waals surface area contributed by atoms with Gasteiger partial charge in [0.25, 0.3) is 0 Å². The zero-order valence-corrected chi connectivity index (χ0v) is 11.0. The average molecular weight is 254 g/mol. The Bertz CT molecular complexity index is 364. The van der Waals surface area contributed by atoms with Gasteiger partial charge in [0.05, 0.1) is 0 Å². The maximum absolute atomic E-state index is 13.4. The molecule has 0 saturated heterocycles. The second kappa shape index (κ2) is 5.71. The SMILES string of the molecule is CSC1(CNc2ncccc2F)CCCCC1. The van der Waals surface area contributed by atoms with E-state index < -0.39 is 0 Å². The summed E-state index contributed by atoms with van der Waals surface area (Å²) in [5, 5.41) is 3.17. The number of nitrogens with zero attached hydrogens (tertiary/aromatic N) is 1. The summed E-state index contributed by atoms with van der Waals surface area (Å²) in [5.74, 6) is 0.117. The molecule has 0 radical (unpaired) electrons. The summed E-state index contributed by atoms with van der Waals surface area (Å²) in [4.78, 5) is 4.03. The fourth-order valence-corrected chi connectivity index (χ4v) is 3.32. The number of halogens is 1. The molecular formula is C13H19FN2S. The molecule has 94 valence electrons. The van der Waals surface area contributed by atoms with Crippen LogP contribution in [-0.4, -0.2) is 22.5 Å². The number of nitrogens with one attached hydrogen (secondary N) is 1. The molecule has 1 aliphatic carbocycles. The van der Waals surface area contributed by atoms with Crippen molar-refractivity contribution in [3.8, 4) is 0 Å². The van der Waals surface area contributed by atoms with Crippen LogP contribution in [0.4, 0.5) is 10.2 Å². The monoisotopic (exact) mass is 254 g/mol. The predicted molar refractivity (Wildman–Crippen MR) is 72.0 cm³/mol. The van der Waals surface area contributed by atoms with Gasteiger partial charge in [0, 0.05) is 17.5 Å². The van der Waals surface area contributed by atoms with Crippen LogP contribution in [0.25, 0.3) is 0 Å². The molecule has 0 aromatic carbocycles. The minimum Gasteiger partial charge on any atom is -0.366 e. The molecular weight excluding hydrogens is 235 g/mol. The number of pyridine rings is 1. The van der Waals surface area contributed by atoms with Crippen LogP contribution in [-0.2, 0) is 0 Å². The summed E-state index contributed by atoms with van der Waals surface area (Å²) in [7, 11) is 0. The number of hydrogen-bond donors (Lipinski definition) is 1. The Hall–Kier alpha value is -0.770. The number of rotatable bonds is 4. The fourth-order valence-electron chi connectivity index (χ4n) is 2.41. The lowest BCUT2D eigenvalue weighted by atomic mass is 9.88. The van der Waals surface area contributed by atoms with Gasteiger partial charge in [-0.15, -0.1) is 0 Å². The maximum Gasteiger partial charge on any atom is 0.165 e. The normalized spacial score (nSPS) is 18.9. The first-order chi connectivity index (χ1) is 8.26. The molecule has 0 unspecified atom stereocenters. The first-order valence-electron chi connectivity index (χ1n) is 6.15. The van der Waals surface area contributed by atoms with Gasteiger partial charge in [-0.2, -0.15) is 11.8 Å². The summed E-state index contributed by atoms with van der Waals surface area (Å²) < 4.78 is 13.7. The smallest absolute Gasteiger partial charge is 0.165 e. The van der Waals surface area contributed by atoms with Crippen molar-refractivity contribution in [2.24, 2.45) is 0 Å². The Morgan fingerprint density at radius 1 is 1.41 bits per heavy atom. The van der Waals surface area contributed by atoms with Gasteiger partial charge in [-0.25, -0.2) is 9.37 Å². The van der Waals surface area contributed by atoms with Crippen molar-refractivity contribution in [3.63, 3.8) is 0 Å². The molecule has 2 nitrogen and oxygen atoms in total. The van der Waals surface area contributed by atoms with Crippen LogP contribution in [0.3, 0.4) is 0 Å². The number of thioether (sulfide) groups is 1. The van der Waals surface area contributed by atoms with E-state index in [2.05, 4.69) is 16.6 Å². The number of anilines is 1. The third-order valence-corrected chi connectivity index (χ3v) is 4.95. The van der Waals surface area contributed by atoms with Gasteiger partial charge in [0.1, 0.15) is 0 Å². The van der Waals surface area contributed by atoms with Crippen LogP contribution in [0.1, 0.15) is 32.1 Å². The molecule has 1 aromatic heterocycles. The van der Waals surface area contributed by atoms with Gasteiger partial charge < -0.3 is 5.32 Å². The van der Waals surface area contributed by atoms with E-state index in [9.17, 15) is 4.39 Å². The fraction of sp³-hybridized carbons (Fsp3) is 0.615. The quantitative estimate of drug-likeness (QED) is 0.887. The van der Waals surface area contributed by atoms with Crippen LogP contribution >= 0.6 is 11.8 Å².